The molecule has 1 aliphatic rings. The van der Waals surface area contributed by atoms with Gasteiger partial charge in [0.25, 0.3) is 0 Å². The van der Waals surface area contributed by atoms with E-state index in [1.165, 1.54) is 6.07 Å². The van der Waals surface area contributed by atoms with Crippen LogP contribution in [0, 0.1) is 5.82 Å². The third-order valence-electron chi connectivity index (χ3n) is 2.59. The van der Waals surface area contributed by atoms with Crippen molar-refractivity contribution in [2.24, 2.45) is 5.73 Å². The molecule has 0 heterocycles. The summed E-state index contributed by atoms with van der Waals surface area (Å²) >= 11 is 0. The molecule has 1 aromatic carbocycles. The molecule has 1 atom stereocenters. The van der Waals surface area contributed by atoms with E-state index in [2.05, 4.69) is 6.58 Å². The molecule has 1 nitrogen and oxygen atoms in total. The van der Waals surface area contributed by atoms with Crippen LogP contribution in [0.3, 0.4) is 0 Å². The fourth-order valence-electron chi connectivity index (χ4n) is 1.85. The van der Waals surface area contributed by atoms with Crippen LogP contribution in [0.1, 0.15) is 29.2 Å². The molecule has 0 saturated carbocycles. The Labute approximate surface area is 77.1 Å². The van der Waals surface area contributed by atoms with Gasteiger partial charge in [0.1, 0.15) is 5.82 Å². The molecule has 2 rings (SSSR count). The van der Waals surface area contributed by atoms with Crippen molar-refractivity contribution >= 4 is 6.08 Å². The smallest absolute Gasteiger partial charge is 0.127 e. The van der Waals surface area contributed by atoms with Gasteiger partial charge in [-0.3, -0.25) is 0 Å². The summed E-state index contributed by atoms with van der Waals surface area (Å²) in [6, 6.07) is 3.46. The van der Waals surface area contributed by atoms with Gasteiger partial charge in [0.15, 0.2) is 0 Å². The second-order valence-electron chi connectivity index (χ2n) is 3.42. The molecule has 13 heavy (non-hydrogen) atoms. The summed E-state index contributed by atoms with van der Waals surface area (Å²) in [6.45, 7) is 3.62. The Bertz CT molecular complexity index is 357. The second kappa shape index (κ2) is 2.96. The van der Waals surface area contributed by atoms with Crippen molar-refractivity contribution in [2.45, 2.75) is 18.9 Å². The number of halogens is 1. The van der Waals surface area contributed by atoms with Gasteiger partial charge in [0.05, 0.1) is 0 Å². The van der Waals surface area contributed by atoms with Gasteiger partial charge in [-0.05, 0) is 41.7 Å². The first kappa shape index (κ1) is 8.45. The molecule has 0 unspecified atom stereocenters. The van der Waals surface area contributed by atoms with Crippen LogP contribution in [-0.2, 0) is 6.42 Å². The Morgan fingerprint density at radius 1 is 1.54 bits per heavy atom. The van der Waals surface area contributed by atoms with Crippen molar-refractivity contribution < 1.29 is 4.39 Å². The van der Waals surface area contributed by atoms with Crippen molar-refractivity contribution in [3.05, 3.63) is 41.2 Å². The van der Waals surface area contributed by atoms with Gasteiger partial charge in [-0.1, -0.05) is 12.7 Å². The Kier molecular flexibility index (Phi) is 1.93. The molecule has 0 amide bonds. The first-order valence-corrected chi connectivity index (χ1v) is 4.42. The topological polar surface area (TPSA) is 26.0 Å². The summed E-state index contributed by atoms with van der Waals surface area (Å²) in [7, 11) is 0. The van der Waals surface area contributed by atoms with Crippen LogP contribution >= 0.6 is 0 Å². The predicted octanol–water partition coefficient (Wildman–Crippen LogP) is 2.41. The van der Waals surface area contributed by atoms with E-state index in [1.807, 2.05) is 6.07 Å². The molecule has 0 radical (unpaired) electrons. The van der Waals surface area contributed by atoms with Gasteiger partial charge in [-0.15, -0.1) is 0 Å². The standard InChI is InChI=1S/C11H12FN/c1-2-7-5-9-8(10(12)6-7)3-4-11(9)13/h2,5-6,11H,1,3-4,13H2/t11-/m1/s1. The Morgan fingerprint density at radius 3 is 3.00 bits per heavy atom. The first-order chi connectivity index (χ1) is 6.22. The highest BCUT2D eigenvalue weighted by atomic mass is 19.1. The van der Waals surface area contributed by atoms with E-state index >= 15 is 0 Å². The molecule has 0 spiro atoms. The third kappa shape index (κ3) is 1.27. The Morgan fingerprint density at radius 2 is 2.31 bits per heavy atom. The second-order valence-corrected chi connectivity index (χ2v) is 3.42. The molecular formula is C11H12FN. The summed E-state index contributed by atoms with van der Waals surface area (Å²) in [5.41, 5.74) is 8.39. The number of benzene rings is 1. The van der Waals surface area contributed by atoms with Gasteiger partial charge in [0, 0.05) is 6.04 Å². The summed E-state index contributed by atoms with van der Waals surface area (Å²) in [5, 5.41) is 0. The molecule has 1 aromatic rings. The van der Waals surface area contributed by atoms with E-state index in [-0.39, 0.29) is 11.9 Å². The van der Waals surface area contributed by atoms with E-state index in [0.29, 0.717) is 0 Å². The highest BCUT2D eigenvalue weighted by molar-refractivity contribution is 5.52. The van der Waals surface area contributed by atoms with Crippen molar-refractivity contribution in [2.75, 3.05) is 0 Å². The van der Waals surface area contributed by atoms with Gasteiger partial charge >= 0.3 is 0 Å². The van der Waals surface area contributed by atoms with Crippen LogP contribution in [-0.4, -0.2) is 0 Å². The zero-order valence-electron chi connectivity index (χ0n) is 7.39. The predicted molar refractivity (Wildman–Crippen MR) is 51.7 cm³/mol. The summed E-state index contributed by atoms with van der Waals surface area (Å²) in [6.07, 6.45) is 3.26. The Hall–Kier alpha value is -1.15. The summed E-state index contributed by atoms with van der Waals surface area (Å²) < 4.78 is 13.4. The van der Waals surface area contributed by atoms with E-state index in [4.69, 9.17) is 5.73 Å². The lowest BCUT2D eigenvalue weighted by atomic mass is 10.0. The monoisotopic (exact) mass is 177 g/mol. The molecule has 2 heteroatoms. The van der Waals surface area contributed by atoms with Gasteiger partial charge in [-0.25, -0.2) is 4.39 Å². The lowest BCUT2D eigenvalue weighted by molar-refractivity contribution is 0.612. The summed E-state index contributed by atoms with van der Waals surface area (Å²) in [5.74, 6) is -0.139. The average Bonchev–Trinajstić information content (AvgIpc) is 2.48. The highest BCUT2D eigenvalue weighted by Crippen LogP contribution is 2.32. The molecule has 0 aliphatic heterocycles. The fraction of sp³-hybridized carbons (Fsp3) is 0.273. The van der Waals surface area contributed by atoms with Gasteiger partial charge in [-0.2, -0.15) is 0 Å². The number of fused-ring (bicyclic) bond motifs is 1. The van der Waals surface area contributed by atoms with E-state index in [0.717, 1.165) is 29.5 Å². The van der Waals surface area contributed by atoms with Crippen LogP contribution in [0.15, 0.2) is 18.7 Å². The maximum Gasteiger partial charge on any atom is 0.127 e. The molecule has 0 saturated heterocycles. The Balaban J connectivity index is 2.59. The maximum absolute atomic E-state index is 13.4. The van der Waals surface area contributed by atoms with Gasteiger partial charge in [0.2, 0.25) is 0 Å². The average molecular weight is 177 g/mol. The number of rotatable bonds is 1. The van der Waals surface area contributed by atoms with E-state index in [1.54, 1.807) is 6.08 Å². The molecule has 0 fully saturated rings. The molecule has 0 aromatic heterocycles. The lowest BCUT2D eigenvalue weighted by Crippen LogP contribution is -2.05. The maximum atomic E-state index is 13.4. The van der Waals surface area contributed by atoms with Crippen LogP contribution in [0.5, 0.6) is 0 Å². The fourth-order valence-corrected chi connectivity index (χ4v) is 1.85. The molecule has 1 aliphatic carbocycles. The molecular weight excluding hydrogens is 165 g/mol. The van der Waals surface area contributed by atoms with Crippen molar-refractivity contribution in [3.63, 3.8) is 0 Å². The van der Waals surface area contributed by atoms with Crippen LogP contribution in [0.4, 0.5) is 4.39 Å². The number of nitrogens with two attached hydrogens (primary N) is 1. The quantitative estimate of drug-likeness (QED) is 0.700. The largest absolute Gasteiger partial charge is 0.324 e. The van der Waals surface area contributed by atoms with Crippen LogP contribution in [0.25, 0.3) is 6.08 Å². The van der Waals surface area contributed by atoms with Crippen molar-refractivity contribution in [3.8, 4) is 0 Å². The van der Waals surface area contributed by atoms with E-state index < -0.39 is 0 Å². The number of hydrogen-bond acceptors (Lipinski definition) is 1. The highest BCUT2D eigenvalue weighted by Gasteiger charge is 2.22. The van der Waals surface area contributed by atoms with E-state index in [9.17, 15) is 4.39 Å². The zero-order chi connectivity index (χ0) is 9.42. The summed E-state index contributed by atoms with van der Waals surface area (Å²) in [4.78, 5) is 0. The minimum atomic E-state index is -0.139. The normalized spacial score (nSPS) is 20.0. The molecule has 2 N–H and O–H groups in total. The van der Waals surface area contributed by atoms with Crippen LogP contribution < -0.4 is 5.73 Å². The minimum absolute atomic E-state index is 0.00407. The number of hydrogen-bond donors (Lipinski definition) is 1. The SMILES string of the molecule is C=Cc1cc(F)c2c(c1)[C@H](N)CC2. The molecule has 0 bridgehead atoms. The van der Waals surface area contributed by atoms with Crippen molar-refractivity contribution in [1.82, 2.24) is 0 Å². The van der Waals surface area contributed by atoms with Gasteiger partial charge < -0.3 is 5.73 Å². The third-order valence-corrected chi connectivity index (χ3v) is 2.59. The van der Waals surface area contributed by atoms with Crippen molar-refractivity contribution in [1.29, 1.82) is 0 Å². The first-order valence-electron chi connectivity index (χ1n) is 4.42. The van der Waals surface area contributed by atoms with Crippen LogP contribution in [0.2, 0.25) is 0 Å². The minimum Gasteiger partial charge on any atom is -0.324 e. The molecule has 68 valence electrons. The zero-order valence-corrected chi connectivity index (χ0v) is 7.39. The lowest BCUT2D eigenvalue weighted by Gasteiger charge is -2.06.